The average molecular weight is 182 g/mol. The maximum Gasteiger partial charge on any atom is 0.417 e. The van der Waals surface area contributed by atoms with E-state index in [0.717, 1.165) is 0 Å². The Kier molecular flexibility index (Phi) is 2.16. The lowest BCUT2D eigenvalue weighted by atomic mass is 9.91. The van der Waals surface area contributed by atoms with Gasteiger partial charge in [-0.1, -0.05) is 0 Å². The van der Waals surface area contributed by atoms with Crippen LogP contribution >= 0.6 is 0 Å². The highest BCUT2D eigenvalue weighted by Crippen LogP contribution is 2.45. The van der Waals surface area contributed by atoms with Crippen LogP contribution < -0.4 is 0 Å². The first kappa shape index (κ1) is 9.51. The SMILES string of the molecule is O=CC1CCCC1(O)C(F)(F)F. The van der Waals surface area contributed by atoms with E-state index in [9.17, 15) is 18.0 Å². The second kappa shape index (κ2) is 2.73. The lowest BCUT2D eigenvalue weighted by Crippen LogP contribution is -2.48. The summed E-state index contributed by atoms with van der Waals surface area (Å²) in [6.07, 6.45) is -4.48. The third kappa shape index (κ3) is 1.22. The smallest absolute Gasteiger partial charge is 0.380 e. The number of halogens is 3. The number of hydrogen-bond donors (Lipinski definition) is 1. The van der Waals surface area contributed by atoms with Gasteiger partial charge in [-0.3, -0.25) is 0 Å². The highest BCUT2D eigenvalue weighted by atomic mass is 19.4. The zero-order chi connectivity index (χ0) is 9.41. The molecule has 2 atom stereocenters. The molecule has 2 unspecified atom stereocenters. The highest BCUT2D eigenvalue weighted by molar-refractivity contribution is 5.56. The molecule has 5 heteroatoms. The molecule has 0 amide bonds. The Bertz CT molecular complexity index is 190. The maximum absolute atomic E-state index is 12.2. The van der Waals surface area contributed by atoms with Gasteiger partial charge in [0.25, 0.3) is 0 Å². The predicted molar refractivity (Wildman–Crippen MR) is 34.4 cm³/mol. The minimum atomic E-state index is -4.69. The van der Waals surface area contributed by atoms with Crippen LogP contribution in [-0.4, -0.2) is 23.2 Å². The molecule has 0 radical (unpaired) electrons. The lowest BCUT2D eigenvalue weighted by Gasteiger charge is -2.28. The Morgan fingerprint density at radius 3 is 2.42 bits per heavy atom. The van der Waals surface area contributed by atoms with E-state index in [0.29, 0.717) is 0 Å². The molecule has 0 aliphatic heterocycles. The standard InChI is InChI=1S/C7H9F3O2/c8-7(9,10)6(12)3-1-2-5(6)4-11/h4-5,12H,1-3H2. The fourth-order valence-corrected chi connectivity index (χ4v) is 1.55. The molecule has 1 rings (SSSR count). The number of aliphatic hydroxyl groups is 1. The number of alkyl halides is 3. The molecule has 1 aliphatic carbocycles. The Morgan fingerprint density at radius 2 is 2.08 bits per heavy atom. The summed E-state index contributed by atoms with van der Waals surface area (Å²) < 4.78 is 36.5. The van der Waals surface area contributed by atoms with Gasteiger partial charge >= 0.3 is 6.18 Å². The van der Waals surface area contributed by atoms with Crippen molar-refractivity contribution < 1.29 is 23.1 Å². The van der Waals surface area contributed by atoms with E-state index in [1.165, 1.54) is 0 Å². The second-order valence-electron chi connectivity index (χ2n) is 3.06. The molecular weight excluding hydrogens is 173 g/mol. The molecule has 1 N–H and O–H groups in total. The zero-order valence-electron chi connectivity index (χ0n) is 6.27. The first-order chi connectivity index (χ1) is 5.42. The van der Waals surface area contributed by atoms with Gasteiger partial charge in [-0.25, -0.2) is 0 Å². The van der Waals surface area contributed by atoms with Gasteiger partial charge in [0.05, 0.1) is 5.92 Å². The molecule has 0 saturated heterocycles. The first-order valence-corrected chi connectivity index (χ1v) is 3.66. The van der Waals surface area contributed by atoms with Crippen molar-refractivity contribution in [1.82, 2.24) is 0 Å². The molecule has 1 aliphatic rings. The third-order valence-electron chi connectivity index (χ3n) is 2.34. The fourth-order valence-electron chi connectivity index (χ4n) is 1.55. The van der Waals surface area contributed by atoms with Crippen LogP contribution in [-0.2, 0) is 4.79 Å². The zero-order valence-corrected chi connectivity index (χ0v) is 6.27. The number of rotatable bonds is 1. The lowest BCUT2D eigenvalue weighted by molar-refractivity contribution is -0.268. The molecule has 0 aromatic heterocycles. The van der Waals surface area contributed by atoms with Gasteiger partial charge in [0.15, 0.2) is 5.60 Å². The summed E-state index contributed by atoms with van der Waals surface area (Å²) in [4.78, 5) is 10.2. The van der Waals surface area contributed by atoms with Crippen molar-refractivity contribution in [2.24, 2.45) is 5.92 Å². The summed E-state index contributed by atoms with van der Waals surface area (Å²) in [5.41, 5.74) is -2.77. The Labute approximate surface area is 67.4 Å². The van der Waals surface area contributed by atoms with E-state index in [2.05, 4.69) is 0 Å². The van der Waals surface area contributed by atoms with Crippen LogP contribution in [0.25, 0.3) is 0 Å². The Hall–Kier alpha value is -0.580. The minimum Gasteiger partial charge on any atom is -0.380 e. The van der Waals surface area contributed by atoms with Crippen LogP contribution in [0.2, 0.25) is 0 Å². The van der Waals surface area contributed by atoms with Gasteiger partial charge in [-0.05, 0) is 19.3 Å². The summed E-state index contributed by atoms with van der Waals surface area (Å²) in [6, 6.07) is 0. The predicted octanol–water partition coefficient (Wildman–Crippen LogP) is 1.28. The molecule has 0 bridgehead atoms. The molecule has 0 aromatic carbocycles. The van der Waals surface area contributed by atoms with Crippen molar-refractivity contribution in [3.63, 3.8) is 0 Å². The van der Waals surface area contributed by atoms with Crippen LogP contribution in [0.15, 0.2) is 0 Å². The van der Waals surface area contributed by atoms with Crippen LogP contribution in [0.3, 0.4) is 0 Å². The molecule has 2 nitrogen and oxygen atoms in total. The van der Waals surface area contributed by atoms with Gasteiger partial charge in [0.2, 0.25) is 0 Å². The van der Waals surface area contributed by atoms with Gasteiger partial charge < -0.3 is 9.90 Å². The van der Waals surface area contributed by atoms with Crippen LogP contribution in [0, 0.1) is 5.92 Å². The molecule has 1 saturated carbocycles. The maximum atomic E-state index is 12.2. The Balaban J connectivity index is 2.89. The number of aldehydes is 1. The van der Waals surface area contributed by atoms with E-state index >= 15 is 0 Å². The minimum absolute atomic E-state index is 0.125. The number of carbonyl (C=O) groups excluding carboxylic acids is 1. The fraction of sp³-hybridized carbons (Fsp3) is 0.857. The second-order valence-corrected chi connectivity index (χ2v) is 3.06. The van der Waals surface area contributed by atoms with Crippen molar-refractivity contribution in [3.8, 4) is 0 Å². The van der Waals surface area contributed by atoms with E-state index in [4.69, 9.17) is 5.11 Å². The molecule has 0 heterocycles. The molecule has 12 heavy (non-hydrogen) atoms. The molecule has 1 fully saturated rings. The van der Waals surface area contributed by atoms with Crippen molar-refractivity contribution in [2.75, 3.05) is 0 Å². The van der Waals surface area contributed by atoms with Crippen molar-refractivity contribution in [1.29, 1.82) is 0 Å². The van der Waals surface area contributed by atoms with E-state index in [1.54, 1.807) is 0 Å². The summed E-state index contributed by atoms with van der Waals surface area (Å²) in [6.45, 7) is 0. The van der Waals surface area contributed by atoms with Gasteiger partial charge in [-0.15, -0.1) is 0 Å². The largest absolute Gasteiger partial charge is 0.417 e. The molecule has 70 valence electrons. The van der Waals surface area contributed by atoms with Crippen LogP contribution in [0.1, 0.15) is 19.3 Å². The first-order valence-electron chi connectivity index (χ1n) is 3.66. The van der Waals surface area contributed by atoms with Crippen LogP contribution in [0.4, 0.5) is 13.2 Å². The van der Waals surface area contributed by atoms with E-state index < -0.39 is 17.7 Å². The molecular formula is C7H9F3O2. The van der Waals surface area contributed by atoms with Crippen molar-refractivity contribution >= 4 is 6.29 Å². The van der Waals surface area contributed by atoms with Gasteiger partial charge in [0, 0.05) is 0 Å². The molecule has 0 aromatic rings. The van der Waals surface area contributed by atoms with E-state index in [1.807, 2.05) is 0 Å². The van der Waals surface area contributed by atoms with Crippen molar-refractivity contribution in [3.05, 3.63) is 0 Å². The highest BCUT2D eigenvalue weighted by Gasteiger charge is 2.60. The monoisotopic (exact) mass is 182 g/mol. The van der Waals surface area contributed by atoms with Crippen molar-refractivity contribution in [2.45, 2.75) is 31.0 Å². The van der Waals surface area contributed by atoms with Gasteiger partial charge in [0.1, 0.15) is 6.29 Å². The summed E-state index contributed by atoms with van der Waals surface area (Å²) >= 11 is 0. The van der Waals surface area contributed by atoms with Gasteiger partial charge in [-0.2, -0.15) is 13.2 Å². The number of carbonyl (C=O) groups is 1. The van der Waals surface area contributed by atoms with E-state index in [-0.39, 0.29) is 25.5 Å². The summed E-state index contributed by atoms with van der Waals surface area (Å²) in [7, 11) is 0. The quantitative estimate of drug-likeness (QED) is 0.620. The molecule has 0 spiro atoms. The summed E-state index contributed by atoms with van der Waals surface area (Å²) in [5.74, 6) is -1.28. The number of hydrogen-bond acceptors (Lipinski definition) is 2. The van der Waals surface area contributed by atoms with Crippen LogP contribution in [0.5, 0.6) is 0 Å². The average Bonchev–Trinajstić information content (AvgIpc) is 2.30. The Morgan fingerprint density at radius 1 is 1.50 bits per heavy atom. The third-order valence-corrected chi connectivity index (χ3v) is 2.34. The topological polar surface area (TPSA) is 37.3 Å². The normalized spacial score (nSPS) is 36.8. The summed E-state index contributed by atoms with van der Waals surface area (Å²) in [5, 5.41) is 9.13.